The van der Waals surface area contributed by atoms with E-state index in [9.17, 15) is 4.79 Å². The maximum atomic E-state index is 10.9. The molecule has 0 aliphatic carbocycles. The number of hydrogen-bond donors (Lipinski definition) is 0. The summed E-state index contributed by atoms with van der Waals surface area (Å²) in [5, 5.41) is 0. The van der Waals surface area contributed by atoms with Crippen molar-refractivity contribution in [2.45, 2.75) is 13.3 Å². The molecule has 48 valence electrons. The Labute approximate surface area is 83.1 Å². The molecule has 2 heteroatoms. The Morgan fingerprint density at radius 3 is 2.30 bits per heavy atom. The molecule has 0 spiro atoms. The molecule has 0 aliphatic rings. The quantitative estimate of drug-likeness (QED) is 0.296. The average Bonchev–Trinajstić information content (AvgIpc) is 2.37. The van der Waals surface area contributed by atoms with Gasteiger partial charge < -0.3 is 4.79 Å². The van der Waals surface area contributed by atoms with Crippen LogP contribution in [0.3, 0.4) is 0 Å². The van der Waals surface area contributed by atoms with Crippen molar-refractivity contribution in [2.24, 2.45) is 0 Å². The van der Waals surface area contributed by atoms with Crippen molar-refractivity contribution in [2.75, 3.05) is 0 Å². The number of rotatable bonds is 2. The predicted molar refractivity (Wildman–Crippen MR) is 36.7 cm³/mol. The maximum Gasteiger partial charge on any atom is 1.00 e. The van der Waals surface area contributed by atoms with Crippen LogP contribution in [0.1, 0.15) is 23.7 Å². The van der Waals surface area contributed by atoms with E-state index in [-0.39, 0.29) is 35.3 Å². The third-order valence-electron chi connectivity index (χ3n) is 1.31. The van der Waals surface area contributed by atoms with Gasteiger partial charge in [-0.3, -0.25) is 0 Å². The third-order valence-corrected chi connectivity index (χ3v) is 1.31. The van der Waals surface area contributed by atoms with E-state index in [0.29, 0.717) is 6.42 Å². The van der Waals surface area contributed by atoms with Crippen molar-refractivity contribution >= 4 is 5.78 Å². The van der Waals surface area contributed by atoms with Gasteiger partial charge >= 0.3 is 29.6 Å². The first-order chi connectivity index (χ1) is 4.34. The third kappa shape index (κ3) is 2.33. The van der Waals surface area contributed by atoms with Gasteiger partial charge in [-0.2, -0.15) is 12.1 Å². The van der Waals surface area contributed by atoms with Crippen molar-refractivity contribution in [3.05, 3.63) is 29.8 Å². The Kier molecular flexibility index (Phi) is 4.79. The Balaban J connectivity index is 0.000000810. The normalized spacial score (nSPS) is 8.50. The molecule has 1 nitrogen and oxygen atoms in total. The molecular formula is C8H9NaO. The van der Waals surface area contributed by atoms with Gasteiger partial charge in [0, 0.05) is 0 Å². The summed E-state index contributed by atoms with van der Waals surface area (Å²) in [6, 6.07) is 7.43. The second-order valence-electron chi connectivity index (χ2n) is 1.95. The molecule has 0 saturated heterocycles. The molecule has 10 heavy (non-hydrogen) atoms. The Bertz CT molecular complexity index is 189. The molecule has 0 heterocycles. The minimum Gasteiger partial charge on any atom is -0.309 e. The van der Waals surface area contributed by atoms with Gasteiger partial charge in [0.1, 0.15) is 5.78 Å². The van der Waals surface area contributed by atoms with Crippen LogP contribution in [0.25, 0.3) is 0 Å². The summed E-state index contributed by atoms with van der Waals surface area (Å²) in [6.07, 6.45) is 0.601. The van der Waals surface area contributed by atoms with E-state index in [1.807, 2.05) is 31.2 Å². The van der Waals surface area contributed by atoms with Gasteiger partial charge in [-0.25, -0.2) is 12.1 Å². The van der Waals surface area contributed by atoms with Crippen LogP contribution in [0.2, 0.25) is 0 Å². The van der Waals surface area contributed by atoms with Gasteiger partial charge in [-0.05, 0) is 6.42 Å². The molecule has 0 unspecified atom stereocenters. The topological polar surface area (TPSA) is 17.1 Å². The Morgan fingerprint density at radius 2 is 1.90 bits per heavy atom. The van der Waals surface area contributed by atoms with Gasteiger partial charge in [0.15, 0.2) is 0 Å². The van der Waals surface area contributed by atoms with Crippen LogP contribution in [0.4, 0.5) is 0 Å². The van der Waals surface area contributed by atoms with Crippen LogP contribution in [-0.4, -0.2) is 5.78 Å². The molecule has 0 N–H and O–H groups in total. The first kappa shape index (κ1) is 10.0. The Hall–Kier alpha value is 0.0200. The molecule has 1 aromatic rings. The fourth-order valence-corrected chi connectivity index (χ4v) is 0.764. The fraction of sp³-hybridized carbons (Fsp3) is 0.250. The van der Waals surface area contributed by atoms with E-state index < -0.39 is 0 Å². The minimum atomic E-state index is 0. The molecular weight excluding hydrogens is 135 g/mol. The van der Waals surface area contributed by atoms with Gasteiger partial charge in [0.05, 0.1) is 0 Å². The summed E-state index contributed by atoms with van der Waals surface area (Å²) in [5.41, 5.74) is 0.831. The average molecular weight is 144 g/mol. The van der Waals surface area contributed by atoms with E-state index in [1.165, 1.54) is 0 Å². The Morgan fingerprint density at radius 1 is 1.40 bits per heavy atom. The zero-order valence-corrected chi connectivity index (χ0v) is 8.42. The van der Waals surface area contributed by atoms with E-state index in [1.54, 1.807) is 0 Å². The van der Waals surface area contributed by atoms with E-state index in [2.05, 4.69) is 0 Å². The predicted octanol–water partition coefficient (Wildman–Crippen LogP) is -0.998. The summed E-state index contributed by atoms with van der Waals surface area (Å²) in [4.78, 5) is 10.9. The van der Waals surface area contributed by atoms with Crippen LogP contribution >= 0.6 is 0 Å². The van der Waals surface area contributed by atoms with Crippen LogP contribution in [-0.2, 0) is 0 Å². The van der Waals surface area contributed by atoms with Crippen molar-refractivity contribution in [3.63, 3.8) is 0 Å². The molecule has 0 fully saturated rings. The van der Waals surface area contributed by atoms with Crippen molar-refractivity contribution in [1.29, 1.82) is 0 Å². The SMILES string of the molecule is CCC(=O)[c-]1cccc1.[Na+]. The number of hydrogen-bond acceptors (Lipinski definition) is 1. The van der Waals surface area contributed by atoms with Gasteiger partial charge in [-0.1, -0.05) is 12.5 Å². The van der Waals surface area contributed by atoms with E-state index >= 15 is 0 Å². The van der Waals surface area contributed by atoms with Crippen LogP contribution in [0.15, 0.2) is 24.3 Å². The van der Waals surface area contributed by atoms with Crippen LogP contribution in [0.5, 0.6) is 0 Å². The van der Waals surface area contributed by atoms with Crippen LogP contribution < -0.4 is 29.6 Å². The molecule has 0 aromatic heterocycles. The molecule has 1 aromatic carbocycles. The van der Waals surface area contributed by atoms with Crippen molar-refractivity contribution < 1.29 is 34.4 Å². The first-order valence-electron chi connectivity index (χ1n) is 3.09. The standard InChI is InChI=1S/C8H9O.Na/c1-2-8(9)7-5-3-4-6-7;/h3-6H,2H2,1H3;/q-1;+1. The first-order valence-corrected chi connectivity index (χ1v) is 3.09. The summed E-state index contributed by atoms with van der Waals surface area (Å²) < 4.78 is 0. The van der Waals surface area contributed by atoms with Crippen molar-refractivity contribution in [1.82, 2.24) is 0 Å². The zero-order valence-electron chi connectivity index (χ0n) is 6.42. The number of carbonyl (C=O) groups excluding carboxylic acids is 1. The molecule has 0 aliphatic heterocycles. The smallest absolute Gasteiger partial charge is 0.309 e. The second-order valence-corrected chi connectivity index (χ2v) is 1.95. The second kappa shape index (κ2) is 4.78. The number of carbonyl (C=O) groups is 1. The van der Waals surface area contributed by atoms with Gasteiger partial charge in [-0.15, -0.1) is 0 Å². The van der Waals surface area contributed by atoms with Gasteiger partial charge in [0.25, 0.3) is 0 Å². The molecule has 0 amide bonds. The fourth-order valence-electron chi connectivity index (χ4n) is 0.764. The summed E-state index contributed by atoms with van der Waals surface area (Å²) >= 11 is 0. The number of ketones is 1. The molecule has 1 rings (SSSR count). The van der Waals surface area contributed by atoms with Crippen molar-refractivity contribution in [3.8, 4) is 0 Å². The zero-order chi connectivity index (χ0) is 6.69. The summed E-state index contributed by atoms with van der Waals surface area (Å²) in [6.45, 7) is 1.87. The molecule has 0 atom stereocenters. The van der Waals surface area contributed by atoms with Crippen LogP contribution in [0, 0.1) is 0 Å². The van der Waals surface area contributed by atoms with E-state index in [4.69, 9.17) is 0 Å². The minimum absolute atomic E-state index is 0. The largest absolute Gasteiger partial charge is 1.00 e. The monoisotopic (exact) mass is 144 g/mol. The van der Waals surface area contributed by atoms with Gasteiger partial charge in [0.2, 0.25) is 0 Å². The summed E-state index contributed by atoms with van der Waals surface area (Å²) in [5.74, 6) is 0.222. The molecule has 0 bridgehead atoms. The maximum absolute atomic E-state index is 10.9. The summed E-state index contributed by atoms with van der Waals surface area (Å²) in [7, 11) is 0. The molecule has 0 radical (unpaired) electrons. The van der Waals surface area contributed by atoms with E-state index in [0.717, 1.165) is 5.56 Å². The number of Topliss-reactive ketones (excluding diaryl/α,β-unsaturated/α-hetero) is 1. The molecule has 0 saturated carbocycles.